The van der Waals surface area contributed by atoms with E-state index in [9.17, 15) is 19.8 Å². The van der Waals surface area contributed by atoms with Crippen LogP contribution in [0.15, 0.2) is 12.1 Å². The number of nitrogens with zero attached hydrogens (tertiary/aromatic N) is 1. The Labute approximate surface area is 122 Å². The van der Waals surface area contributed by atoms with Gasteiger partial charge >= 0.3 is 12.1 Å². The molecule has 8 heteroatoms. The van der Waals surface area contributed by atoms with Gasteiger partial charge in [0.1, 0.15) is 5.60 Å². The van der Waals surface area contributed by atoms with E-state index in [0.29, 0.717) is 11.2 Å². The quantitative estimate of drug-likeness (QED) is 0.704. The molecule has 0 fully saturated rings. The lowest BCUT2D eigenvalue weighted by Crippen LogP contribution is -2.33. The van der Waals surface area contributed by atoms with Crippen molar-refractivity contribution in [2.24, 2.45) is 0 Å². The van der Waals surface area contributed by atoms with E-state index in [1.54, 1.807) is 20.8 Å². The second kappa shape index (κ2) is 6.87. The van der Waals surface area contributed by atoms with Crippen LogP contribution in [0.1, 0.15) is 33.6 Å². The fourth-order valence-electron chi connectivity index (χ4n) is 1.38. The minimum Gasteiger partial charge on any atom is -0.492 e. The first-order chi connectivity index (χ1) is 9.69. The van der Waals surface area contributed by atoms with E-state index < -0.39 is 17.7 Å². The molecule has 0 aromatic carbocycles. The normalized spacial score (nSPS) is 11.0. The first-order valence-electron chi connectivity index (χ1n) is 6.47. The van der Waals surface area contributed by atoms with Crippen LogP contribution in [0.5, 0.6) is 11.8 Å². The minimum atomic E-state index is -0.650. The number of amides is 1. The van der Waals surface area contributed by atoms with E-state index in [4.69, 9.17) is 9.57 Å². The van der Waals surface area contributed by atoms with Gasteiger partial charge in [-0.15, -0.1) is 4.73 Å². The number of alkyl carbamates (subject to hydrolysis) is 1. The van der Waals surface area contributed by atoms with Crippen LogP contribution in [-0.2, 0) is 9.53 Å². The largest absolute Gasteiger partial charge is 0.492 e. The van der Waals surface area contributed by atoms with Crippen molar-refractivity contribution < 1.29 is 29.4 Å². The Hall–Kier alpha value is -2.38. The first-order valence-corrected chi connectivity index (χ1v) is 6.47. The summed E-state index contributed by atoms with van der Waals surface area (Å²) in [4.78, 5) is 27.5. The lowest BCUT2D eigenvalue weighted by molar-refractivity contribution is -0.145. The molecule has 0 saturated heterocycles. The van der Waals surface area contributed by atoms with Gasteiger partial charge < -0.3 is 25.1 Å². The number of nitrogens with one attached hydrogen (secondary N) is 1. The number of hydrogen-bond acceptors (Lipinski definition) is 6. The van der Waals surface area contributed by atoms with Gasteiger partial charge in [-0.2, -0.15) is 0 Å². The predicted molar refractivity (Wildman–Crippen MR) is 72.8 cm³/mol. The Kier molecular flexibility index (Phi) is 5.45. The highest BCUT2D eigenvalue weighted by molar-refractivity contribution is 5.70. The zero-order valence-corrected chi connectivity index (χ0v) is 12.3. The van der Waals surface area contributed by atoms with E-state index in [-0.39, 0.29) is 24.7 Å². The van der Waals surface area contributed by atoms with Crippen LogP contribution in [-0.4, -0.2) is 39.2 Å². The minimum absolute atomic E-state index is 0.00680. The van der Waals surface area contributed by atoms with Crippen LogP contribution in [0.3, 0.4) is 0 Å². The fourth-order valence-corrected chi connectivity index (χ4v) is 1.38. The topological polar surface area (TPSA) is 110 Å². The fraction of sp³-hybridized carbons (Fsp3) is 0.538. The summed E-state index contributed by atoms with van der Waals surface area (Å²) in [5.41, 5.74) is -0.577. The third kappa shape index (κ3) is 6.07. The maximum absolute atomic E-state index is 11.5. The second-order valence-electron chi connectivity index (χ2n) is 5.34. The molecular weight excluding hydrogens is 280 g/mol. The summed E-state index contributed by atoms with van der Waals surface area (Å²) in [6.45, 7) is 5.49. The van der Waals surface area contributed by atoms with Crippen molar-refractivity contribution in [1.29, 1.82) is 0 Å². The molecule has 0 aliphatic carbocycles. The van der Waals surface area contributed by atoms with E-state index in [0.717, 1.165) is 0 Å². The van der Waals surface area contributed by atoms with Crippen LogP contribution in [0.25, 0.3) is 0 Å². The van der Waals surface area contributed by atoms with Crippen molar-refractivity contribution in [1.82, 2.24) is 10.0 Å². The molecule has 1 amide bonds. The summed E-state index contributed by atoms with van der Waals surface area (Å²) < 4.78 is 5.64. The van der Waals surface area contributed by atoms with Crippen LogP contribution < -0.4 is 10.2 Å². The van der Waals surface area contributed by atoms with Crippen LogP contribution in [0.4, 0.5) is 4.79 Å². The first kappa shape index (κ1) is 16.7. The molecule has 1 aromatic rings. The van der Waals surface area contributed by atoms with E-state index in [1.807, 2.05) is 0 Å². The van der Waals surface area contributed by atoms with Gasteiger partial charge in [0.15, 0.2) is 0 Å². The summed E-state index contributed by atoms with van der Waals surface area (Å²) in [7, 11) is 0. The van der Waals surface area contributed by atoms with Crippen LogP contribution in [0.2, 0.25) is 0 Å². The lowest BCUT2D eigenvalue weighted by Gasteiger charge is -2.19. The van der Waals surface area contributed by atoms with Gasteiger partial charge in [0.25, 0.3) is 0 Å². The Morgan fingerprint density at radius 3 is 2.33 bits per heavy atom. The molecule has 1 rings (SSSR count). The highest BCUT2D eigenvalue weighted by Gasteiger charge is 2.16. The molecule has 0 saturated carbocycles. The zero-order valence-electron chi connectivity index (χ0n) is 12.3. The number of rotatable bonds is 5. The van der Waals surface area contributed by atoms with Gasteiger partial charge in [0.2, 0.25) is 11.8 Å². The van der Waals surface area contributed by atoms with E-state index >= 15 is 0 Å². The van der Waals surface area contributed by atoms with E-state index in [2.05, 4.69) is 5.32 Å². The van der Waals surface area contributed by atoms with Gasteiger partial charge in [-0.25, -0.2) is 9.59 Å². The molecule has 0 aliphatic rings. The second-order valence-corrected chi connectivity index (χ2v) is 5.34. The Morgan fingerprint density at radius 2 is 1.81 bits per heavy atom. The number of carbonyl (C=O) groups excluding carboxylic acids is 2. The lowest BCUT2D eigenvalue weighted by atomic mass is 10.2. The van der Waals surface area contributed by atoms with Crippen molar-refractivity contribution in [3.05, 3.63) is 12.1 Å². The monoisotopic (exact) mass is 300 g/mol. The molecule has 0 spiro atoms. The van der Waals surface area contributed by atoms with Gasteiger partial charge in [0.05, 0.1) is 0 Å². The molecule has 118 valence electrons. The molecule has 0 aliphatic heterocycles. The predicted octanol–water partition coefficient (Wildman–Crippen LogP) is 1.16. The Bertz CT molecular complexity index is 484. The average molecular weight is 300 g/mol. The number of carbonyl (C=O) groups is 2. The van der Waals surface area contributed by atoms with Gasteiger partial charge in [0, 0.05) is 25.1 Å². The molecular formula is C13H20N2O6. The summed E-state index contributed by atoms with van der Waals surface area (Å²) in [5.74, 6) is -1.41. The summed E-state index contributed by atoms with van der Waals surface area (Å²) >= 11 is 0. The molecule has 3 N–H and O–H groups in total. The standard InChI is InChI=1S/C13H20N2O6/c1-13(2,3)20-12(19)14-8-4-5-11(18)21-15-9(16)6-7-10(15)17/h6-7,16-17H,4-5,8H2,1-3H3,(H,14,19). The summed E-state index contributed by atoms with van der Waals surface area (Å²) in [6, 6.07) is 2.37. The van der Waals surface area contributed by atoms with Gasteiger partial charge in [-0.1, -0.05) is 0 Å². The number of aromatic nitrogens is 1. The van der Waals surface area contributed by atoms with Crippen molar-refractivity contribution in [3.8, 4) is 11.8 Å². The van der Waals surface area contributed by atoms with Crippen molar-refractivity contribution in [2.75, 3.05) is 6.54 Å². The summed E-state index contributed by atoms with van der Waals surface area (Å²) in [6.07, 6.45) is -0.218. The number of hydrogen-bond donors (Lipinski definition) is 3. The third-order valence-electron chi connectivity index (χ3n) is 2.22. The maximum atomic E-state index is 11.5. The van der Waals surface area contributed by atoms with Crippen LogP contribution >= 0.6 is 0 Å². The van der Waals surface area contributed by atoms with E-state index in [1.165, 1.54) is 12.1 Å². The molecule has 0 unspecified atom stereocenters. The highest BCUT2D eigenvalue weighted by atomic mass is 16.7. The number of aromatic hydroxyl groups is 2. The zero-order chi connectivity index (χ0) is 16.0. The molecule has 8 nitrogen and oxygen atoms in total. The molecule has 0 bridgehead atoms. The van der Waals surface area contributed by atoms with Crippen molar-refractivity contribution in [3.63, 3.8) is 0 Å². The molecule has 0 atom stereocenters. The van der Waals surface area contributed by atoms with Gasteiger partial charge in [-0.05, 0) is 27.2 Å². The summed E-state index contributed by atoms with van der Waals surface area (Å²) in [5, 5.41) is 21.1. The highest BCUT2D eigenvalue weighted by Crippen LogP contribution is 2.18. The average Bonchev–Trinajstić information content (AvgIpc) is 2.64. The van der Waals surface area contributed by atoms with Crippen molar-refractivity contribution in [2.45, 2.75) is 39.2 Å². The Morgan fingerprint density at radius 1 is 1.24 bits per heavy atom. The maximum Gasteiger partial charge on any atom is 0.407 e. The number of ether oxygens (including phenoxy) is 1. The molecule has 21 heavy (non-hydrogen) atoms. The SMILES string of the molecule is CC(C)(C)OC(=O)NCCCC(=O)On1c(O)ccc1O. The smallest absolute Gasteiger partial charge is 0.407 e. The molecule has 0 radical (unpaired) electrons. The van der Waals surface area contributed by atoms with Gasteiger partial charge in [-0.3, -0.25) is 0 Å². The van der Waals surface area contributed by atoms with Crippen molar-refractivity contribution >= 4 is 12.1 Å². The Balaban J connectivity index is 2.24. The molecule has 1 aromatic heterocycles. The molecule has 1 heterocycles. The third-order valence-corrected chi connectivity index (χ3v) is 2.22. The van der Waals surface area contributed by atoms with Crippen LogP contribution in [0, 0.1) is 0 Å².